The number of aromatic nitrogens is 2. The molecule has 0 amide bonds. The lowest BCUT2D eigenvalue weighted by Gasteiger charge is -2.27. The lowest BCUT2D eigenvalue weighted by Crippen LogP contribution is -2.43. The van der Waals surface area contributed by atoms with Crippen LogP contribution in [0.2, 0.25) is 6.04 Å². The summed E-state index contributed by atoms with van der Waals surface area (Å²) >= 11 is 0. The molecule has 6 heteroatoms. The first-order valence-corrected chi connectivity index (χ1v) is 8.77. The molecule has 1 aromatic rings. The molecule has 0 fully saturated rings. The Balaban J connectivity index is 2.62. The summed E-state index contributed by atoms with van der Waals surface area (Å²) < 4.78 is 18.6. The Kier molecular flexibility index (Phi) is 7.30. The van der Waals surface area contributed by atoms with E-state index in [1.165, 1.54) is 12.8 Å². The van der Waals surface area contributed by atoms with Gasteiger partial charge in [-0.1, -0.05) is 19.8 Å². The Morgan fingerprint density at radius 3 is 2.32 bits per heavy atom. The highest BCUT2D eigenvalue weighted by molar-refractivity contribution is 6.60. The molecule has 0 N–H and O–H groups in total. The van der Waals surface area contributed by atoms with Gasteiger partial charge in [-0.25, -0.2) is 4.98 Å². The molecule has 0 aromatic carbocycles. The van der Waals surface area contributed by atoms with Gasteiger partial charge in [-0.15, -0.1) is 0 Å². The second-order valence-corrected chi connectivity index (χ2v) is 7.73. The van der Waals surface area contributed by atoms with Gasteiger partial charge in [0.2, 0.25) is 0 Å². The third-order valence-corrected chi connectivity index (χ3v) is 6.32. The molecule has 0 aliphatic heterocycles. The number of imidazole rings is 1. The van der Waals surface area contributed by atoms with Crippen LogP contribution in [0.1, 0.15) is 38.6 Å². The number of hydrogen-bond acceptors (Lipinski definition) is 4. The third kappa shape index (κ3) is 4.72. The lowest BCUT2D eigenvalue weighted by atomic mass is 10.1. The first kappa shape index (κ1) is 16.4. The summed E-state index contributed by atoms with van der Waals surface area (Å²) in [5.41, 5.74) is 0. The predicted molar refractivity (Wildman–Crippen MR) is 77.0 cm³/mol. The molecule has 0 bridgehead atoms. The predicted octanol–water partition coefficient (Wildman–Crippen LogP) is 2.88. The van der Waals surface area contributed by atoms with Crippen LogP contribution in [-0.4, -0.2) is 39.7 Å². The molecule has 1 heterocycles. The van der Waals surface area contributed by atoms with E-state index in [2.05, 4.69) is 16.5 Å². The second kappa shape index (κ2) is 8.47. The summed E-state index contributed by atoms with van der Waals surface area (Å²) in [5.74, 6) is 0. The average Bonchev–Trinajstić information content (AvgIpc) is 2.98. The Labute approximate surface area is 117 Å². The topological polar surface area (TPSA) is 45.5 Å². The van der Waals surface area contributed by atoms with Crippen molar-refractivity contribution >= 4 is 8.80 Å². The number of hydrogen-bond donors (Lipinski definition) is 0. The van der Waals surface area contributed by atoms with Crippen molar-refractivity contribution in [2.24, 2.45) is 0 Å². The van der Waals surface area contributed by atoms with Crippen molar-refractivity contribution in [3.63, 3.8) is 0 Å². The summed E-state index contributed by atoms with van der Waals surface area (Å²) in [6, 6.07) is 1.26. The van der Waals surface area contributed by atoms with Gasteiger partial charge in [-0.3, -0.25) is 0 Å². The fraction of sp³-hybridized carbons (Fsp3) is 0.769. The zero-order valence-electron chi connectivity index (χ0n) is 12.5. The number of rotatable bonds is 10. The Morgan fingerprint density at radius 2 is 1.84 bits per heavy atom. The van der Waals surface area contributed by atoms with Crippen LogP contribution in [-0.2, 0) is 13.3 Å². The standard InChI is InChI=1S/C13H26N2O3Si/c1-5-6-7-13(15-10-9-14-12-15)8-11-19(16-2,17-3)18-4/h9-10,12-13H,5-8,11H2,1-4H3. The van der Waals surface area contributed by atoms with Gasteiger partial charge in [0.25, 0.3) is 0 Å². The first-order valence-electron chi connectivity index (χ1n) is 6.84. The van der Waals surface area contributed by atoms with E-state index in [4.69, 9.17) is 13.3 Å². The molecule has 5 nitrogen and oxygen atoms in total. The van der Waals surface area contributed by atoms with Crippen LogP contribution in [0.15, 0.2) is 18.7 Å². The maximum Gasteiger partial charge on any atom is 0.500 e. The van der Waals surface area contributed by atoms with Gasteiger partial charge in [-0.2, -0.15) is 0 Å². The van der Waals surface area contributed by atoms with E-state index >= 15 is 0 Å². The molecule has 1 aromatic heterocycles. The van der Waals surface area contributed by atoms with E-state index in [0.29, 0.717) is 6.04 Å². The van der Waals surface area contributed by atoms with E-state index in [9.17, 15) is 0 Å². The minimum atomic E-state index is -2.47. The molecule has 0 spiro atoms. The Bertz CT molecular complexity index is 320. The molecule has 0 aliphatic rings. The Morgan fingerprint density at radius 1 is 1.16 bits per heavy atom. The van der Waals surface area contributed by atoms with Crippen molar-refractivity contribution in [1.82, 2.24) is 9.55 Å². The molecule has 0 saturated heterocycles. The van der Waals surface area contributed by atoms with Crippen molar-refractivity contribution in [1.29, 1.82) is 0 Å². The van der Waals surface area contributed by atoms with Gasteiger partial charge >= 0.3 is 8.80 Å². The summed E-state index contributed by atoms with van der Waals surface area (Å²) in [7, 11) is 2.53. The van der Waals surface area contributed by atoms with Crippen LogP contribution in [0.3, 0.4) is 0 Å². The van der Waals surface area contributed by atoms with Gasteiger partial charge in [0.15, 0.2) is 0 Å². The van der Waals surface area contributed by atoms with Crippen molar-refractivity contribution in [3.8, 4) is 0 Å². The zero-order valence-corrected chi connectivity index (χ0v) is 13.5. The van der Waals surface area contributed by atoms with Crippen molar-refractivity contribution in [3.05, 3.63) is 18.7 Å². The molecule has 19 heavy (non-hydrogen) atoms. The average molecular weight is 286 g/mol. The number of nitrogens with zero attached hydrogens (tertiary/aromatic N) is 2. The molecule has 110 valence electrons. The van der Waals surface area contributed by atoms with Crippen molar-refractivity contribution in [2.45, 2.75) is 44.7 Å². The maximum atomic E-state index is 5.48. The molecule has 0 aliphatic carbocycles. The monoisotopic (exact) mass is 286 g/mol. The Hall–Kier alpha value is -0.693. The van der Waals surface area contributed by atoms with Crippen molar-refractivity contribution < 1.29 is 13.3 Å². The van der Waals surface area contributed by atoms with Gasteiger partial charge in [0.05, 0.1) is 6.33 Å². The highest BCUT2D eigenvalue weighted by Gasteiger charge is 2.38. The van der Waals surface area contributed by atoms with Gasteiger partial charge in [0.1, 0.15) is 0 Å². The molecular formula is C13H26N2O3Si. The van der Waals surface area contributed by atoms with Gasteiger partial charge in [0, 0.05) is 45.8 Å². The van der Waals surface area contributed by atoms with Crippen LogP contribution in [0.25, 0.3) is 0 Å². The fourth-order valence-corrected chi connectivity index (χ4v) is 4.07. The smallest absolute Gasteiger partial charge is 0.377 e. The normalized spacial score (nSPS) is 13.7. The van der Waals surface area contributed by atoms with Crippen LogP contribution in [0.4, 0.5) is 0 Å². The van der Waals surface area contributed by atoms with Gasteiger partial charge < -0.3 is 17.8 Å². The minimum absolute atomic E-state index is 0.440. The number of unbranched alkanes of at least 4 members (excludes halogenated alkanes) is 1. The molecular weight excluding hydrogens is 260 g/mol. The van der Waals surface area contributed by atoms with Crippen LogP contribution in [0.5, 0.6) is 0 Å². The van der Waals surface area contributed by atoms with Crippen LogP contribution >= 0.6 is 0 Å². The summed E-state index contributed by atoms with van der Waals surface area (Å²) in [5, 5.41) is 0. The van der Waals surface area contributed by atoms with E-state index < -0.39 is 8.80 Å². The fourth-order valence-electron chi connectivity index (χ4n) is 2.27. The van der Waals surface area contributed by atoms with Crippen LogP contribution in [0, 0.1) is 0 Å². The molecule has 0 radical (unpaired) electrons. The summed E-state index contributed by atoms with van der Waals surface area (Å²) in [6.45, 7) is 2.21. The summed E-state index contributed by atoms with van der Waals surface area (Å²) in [6.07, 6.45) is 10.3. The van der Waals surface area contributed by atoms with E-state index in [-0.39, 0.29) is 0 Å². The van der Waals surface area contributed by atoms with E-state index in [1.807, 2.05) is 18.7 Å². The molecule has 1 rings (SSSR count). The summed E-state index contributed by atoms with van der Waals surface area (Å²) in [4.78, 5) is 4.14. The van der Waals surface area contributed by atoms with Gasteiger partial charge in [-0.05, 0) is 12.8 Å². The highest BCUT2D eigenvalue weighted by atomic mass is 28.4. The maximum absolute atomic E-state index is 5.48. The highest BCUT2D eigenvalue weighted by Crippen LogP contribution is 2.25. The molecule has 1 atom stereocenters. The van der Waals surface area contributed by atoms with E-state index in [0.717, 1.165) is 18.9 Å². The zero-order chi connectivity index (χ0) is 14.1. The van der Waals surface area contributed by atoms with Crippen molar-refractivity contribution in [2.75, 3.05) is 21.3 Å². The third-order valence-electron chi connectivity index (χ3n) is 3.55. The van der Waals surface area contributed by atoms with Crippen LogP contribution < -0.4 is 0 Å². The second-order valence-electron chi connectivity index (χ2n) is 4.64. The minimum Gasteiger partial charge on any atom is -0.377 e. The SMILES string of the molecule is CCCCC(CC[Si](OC)(OC)OC)n1ccnc1. The quantitative estimate of drug-likeness (QED) is 0.620. The largest absolute Gasteiger partial charge is 0.500 e. The molecule has 0 saturated carbocycles. The van der Waals surface area contributed by atoms with E-state index in [1.54, 1.807) is 21.3 Å². The lowest BCUT2D eigenvalue weighted by molar-refractivity contribution is 0.121. The first-order chi connectivity index (χ1) is 9.21. The molecule has 1 unspecified atom stereocenters.